The van der Waals surface area contributed by atoms with Gasteiger partial charge in [0.05, 0.1) is 15.6 Å². The van der Waals surface area contributed by atoms with Crippen molar-refractivity contribution in [1.29, 1.82) is 0 Å². The second-order valence-electron chi connectivity index (χ2n) is 4.62. The molecular formula is C17H16Cl2O. The minimum absolute atomic E-state index is 0.104. The van der Waals surface area contributed by atoms with Crippen molar-refractivity contribution >= 4 is 29.0 Å². The first-order chi connectivity index (χ1) is 9.58. The lowest BCUT2D eigenvalue weighted by atomic mass is 9.94. The van der Waals surface area contributed by atoms with Crippen LogP contribution in [0.4, 0.5) is 0 Å². The quantitative estimate of drug-likeness (QED) is 0.696. The molecule has 2 rings (SSSR count). The third-order valence-electron chi connectivity index (χ3n) is 3.40. The molecule has 3 heteroatoms. The van der Waals surface area contributed by atoms with Gasteiger partial charge in [-0.05, 0) is 42.2 Å². The first-order valence-corrected chi connectivity index (χ1v) is 7.44. The van der Waals surface area contributed by atoms with Crippen LogP contribution >= 0.6 is 23.2 Å². The number of carbonyl (C=O) groups excluding carboxylic acids is 1. The molecule has 0 saturated heterocycles. The number of carbonyl (C=O) groups is 1. The summed E-state index contributed by atoms with van der Waals surface area (Å²) in [5.74, 6) is -0.104. The predicted octanol–water partition coefficient (Wildman–Crippen LogP) is 5.35. The van der Waals surface area contributed by atoms with Gasteiger partial charge in [0.1, 0.15) is 0 Å². The normalized spacial score (nSPS) is 10.6. The number of hydrogen-bond acceptors (Lipinski definition) is 1. The lowest BCUT2D eigenvalue weighted by Crippen LogP contribution is -2.07. The SMILES string of the molecule is CCc1ccc(CC)c(C(=O)c2c(Cl)cccc2Cl)c1. The number of rotatable bonds is 4. The van der Waals surface area contributed by atoms with Crippen LogP contribution < -0.4 is 0 Å². The van der Waals surface area contributed by atoms with Crippen LogP contribution in [0.2, 0.25) is 10.0 Å². The molecule has 0 atom stereocenters. The molecule has 0 amide bonds. The largest absolute Gasteiger partial charge is 0.288 e. The Morgan fingerprint density at radius 1 is 1.00 bits per heavy atom. The fraction of sp³-hybridized carbons (Fsp3) is 0.235. The Balaban J connectivity index is 2.58. The van der Waals surface area contributed by atoms with E-state index in [2.05, 4.69) is 13.0 Å². The Labute approximate surface area is 129 Å². The fourth-order valence-corrected chi connectivity index (χ4v) is 2.78. The van der Waals surface area contributed by atoms with Gasteiger partial charge < -0.3 is 0 Å². The summed E-state index contributed by atoms with van der Waals surface area (Å²) in [6.07, 6.45) is 1.69. The molecule has 0 aliphatic rings. The van der Waals surface area contributed by atoms with E-state index in [4.69, 9.17) is 23.2 Å². The van der Waals surface area contributed by atoms with E-state index in [1.807, 2.05) is 19.1 Å². The van der Waals surface area contributed by atoms with Crippen molar-refractivity contribution in [3.8, 4) is 0 Å². The van der Waals surface area contributed by atoms with Crippen LogP contribution in [-0.4, -0.2) is 5.78 Å². The van der Waals surface area contributed by atoms with E-state index in [0.29, 0.717) is 21.2 Å². The van der Waals surface area contributed by atoms with Crippen LogP contribution in [0, 0.1) is 0 Å². The van der Waals surface area contributed by atoms with Gasteiger partial charge in [-0.1, -0.05) is 55.2 Å². The van der Waals surface area contributed by atoms with Crippen molar-refractivity contribution in [1.82, 2.24) is 0 Å². The van der Waals surface area contributed by atoms with E-state index in [-0.39, 0.29) is 5.78 Å². The molecule has 0 fully saturated rings. The van der Waals surface area contributed by atoms with Crippen LogP contribution in [0.5, 0.6) is 0 Å². The zero-order chi connectivity index (χ0) is 14.7. The Hall–Kier alpha value is -1.31. The van der Waals surface area contributed by atoms with Gasteiger partial charge >= 0.3 is 0 Å². The second kappa shape index (κ2) is 6.43. The summed E-state index contributed by atoms with van der Waals surface area (Å²) in [5.41, 5.74) is 3.23. The molecule has 0 N–H and O–H groups in total. The number of hydrogen-bond donors (Lipinski definition) is 0. The van der Waals surface area contributed by atoms with Crippen LogP contribution in [0.25, 0.3) is 0 Å². The Kier molecular flexibility index (Phi) is 4.85. The fourth-order valence-electron chi connectivity index (χ4n) is 2.21. The lowest BCUT2D eigenvalue weighted by molar-refractivity contribution is 0.103. The van der Waals surface area contributed by atoms with E-state index in [1.54, 1.807) is 18.2 Å². The van der Waals surface area contributed by atoms with Crippen LogP contribution in [0.15, 0.2) is 36.4 Å². The predicted molar refractivity (Wildman–Crippen MR) is 85.1 cm³/mol. The summed E-state index contributed by atoms with van der Waals surface area (Å²) in [4.78, 5) is 12.8. The average molecular weight is 307 g/mol. The van der Waals surface area contributed by atoms with Gasteiger partial charge in [-0.3, -0.25) is 4.79 Å². The Morgan fingerprint density at radius 2 is 1.65 bits per heavy atom. The van der Waals surface area contributed by atoms with Crippen LogP contribution in [0.3, 0.4) is 0 Å². The molecule has 0 aliphatic heterocycles. The van der Waals surface area contributed by atoms with Crippen molar-refractivity contribution in [2.24, 2.45) is 0 Å². The van der Waals surface area contributed by atoms with Crippen molar-refractivity contribution in [2.75, 3.05) is 0 Å². The maximum atomic E-state index is 12.8. The topological polar surface area (TPSA) is 17.1 Å². The minimum atomic E-state index is -0.104. The highest BCUT2D eigenvalue weighted by atomic mass is 35.5. The van der Waals surface area contributed by atoms with Gasteiger partial charge in [-0.15, -0.1) is 0 Å². The van der Waals surface area contributed by atoms with E-state index in [1.165, 1.54) is 0 Å². The summed E-state index contributed by atoms with van der Waals surface area (Å²) < 4.78 is 0. The van der Waals surface area contributed by atoms with Crippen LogP contribution in [0.1, 0.15) is 40.9 Å². The number of halogens is 2. The number of benzene rings is 2. The molecule has 0 heterocycles. The Bertz CT molecular complexity index is 627. The lowest BCUT2D eigenvalue weighted by Gasteiger charge is -2.11. The van der Waals surface area contributed by atoms with Gasteiger partial charge in [0.2, 0.25) is 0 Å². The molecule has 1 nitrogen and oxygen atoms in total. The molecule has 104 valence electrons. The standard InChI is InChI=1S/C17H16Cl2O/c1-3-11-8-9-12(4-2)13(10-11)17(20)16-14(18)6-5-7-15(16)19/h5-10H,3-4H2,1-2H3. The monoisotopic (exact) mass is 306 g/mol. The Morgan fingerprint density at radius 3 is 2.20 bits per heavy atom. The minimum Gasteiger partial charge on any atom is -0.288 e. The maximum absolute atomic E-state index is 12.8. The molecule has 2 aromatic rings. The van der Waals surface area contributed by atoms with E-state index in [0.717, 1.165) is 24.0 Å². The average Bonchev–Trinajstić information content (AvgIpc) is 2.46. The molecule has 0 saturated carbocycles. The zero-order valence-corrected chi connectivity index (χ0v) is 13.1. The summed E-state index contributed by atoms with van der Waals surface area (Å²) in [6.45, 7) is 4.10. The highest BCUT2D eigenvalue weighted by Gasteiger charge is 2.19. The second-order valence-corrected chi connectivity index (χ2v) is 5.44. The maximum Gasteiger partial charge on any atom is 0.196 e. The van der Waals surface area contributed by atoms with Crippen molar-refractivity contribution in [2.45, 2.75) is 26.7 Å². The van der Waals surface area contributed by atoms with Crippen molar-refractivity contribution < 1.29 is 4.79 Å². The van der Waals surface area contributed by atoms with Crippen LogP contribution in [-0.2, 0) is 12.8 Å². The molecule has 0 aromatic heterocycles. The molecule has 0 bridgehead atoms. The van der Waals surface area contributed by atoms with Gasteiger partial charge in [0.25, 0.3) is 0 Å². The van der Waals surface area contributed by atoms with Gasteiger partial charge in [-0.25, -0.2) is 0 Å². The third kappa shape index (κ3) is 2.89. The third-order valence-corrected chi connectivity index (χ3v) is 4.03. The van der Waals surface area contributed by atoms with E-state index < -0.39 is 0 Å². The van der Waals surface area contributed by atoms with Gasteiger partial charge in [-0.2, -0.15) is 0 Å². The smallest absolute Gasteiger partial charge is 0.196 e. The molecule has 0 spiro atoms. The molecular weight excluding hydrogens is 291 g/mol. The van der Waals surface area contributed by atoms with E-state index >= 15 is 0 Å². The van der Waals surface area contributed by atoms with Crippen molar-refractivity contribution in [3.63, 3.8) is 0 Å². The van der Waals surface area contributed by atoms with Crippen molar-refractivity contribution in [3.05, 3.63) is 68.7 Å². The molecule has 0 aliphatic carbocycles. The van der Waals surface area contributed by atoms with Gasteiger partial charge in [0.15, 0.2) is 5.78 Å². The van der Waals surface area contributed by atoms with E-state index in [9.17, 15) is 4.79 Å². The molecule has 0 radical (unpaired) electrons. The number of ketones is 1. The summed E-state index contributed by atoms with van der Waals surface area (Å²) >= 11 is 12.3. The summed E-state index contributed by atoms with van der Waals surface area (Å²) in [7, 11) is 0. The molecule has 2 aromatic carbocycles. The first-order valence-electron chi connectivity index (χ1n) is 6.69. The summed E-state index contributed by atoms with van der Waals surface area (Å²) in [6, 6.07) is 11.1. The first kappa shape index (κ1) is 15.1. The highest BCUT2D eigenvalue weighted by Crippen LogP contribution is 2.28. The molecule has 20 heavy (non-hydrogen) atoms. The van der Waals surface area contributed by atoms with Gasteiger partial charge in [0, 0.05) is 5.56 Å². The zero-order valence-electron chi connectivity index (χ0n) is 11.5. The molecule has 0 unspecified atom stereocenters. The summed E-state index contributed by atoms with van der Waals surface area (Å²) in [5, 5.41) is 0.790. The number of aryl methyl sites for hydroxylation is 2. The highest BCUT2D eigenvalue weighted by molar-refractivity contribution is 6.41.